The number of hydrogen-bond donors (Lipinski definition) is 1. The number of benzene rings is 3. The Labute approximate surface area is 170 Å². The first-order valence-corrected chi connectivity index (χ1v) is 9.99. The third-order valence-corrected chi connectivity index (χ3v) is 5.16. The van der Waals surface area contributed by atoms with Crippen LogP contribution < -0.4 is 10.9 Å². The topological polar surface area (TPSA) is 46.9 Å². The van der Waals surface area contributed by atoms with E-state index in [-0.39, 0.29) is 11.6 Å². The second kappa shape index (κ2) is 8.41. The first-order valence-electron chi connectivity index (χ1n) is 9.99. The number of fused-ring (bicyclic) bond motifs is 1. The van der Waals surface area contributed by atoms with Gasteiger partial charge in [0.2, 0.25) is 0 Å². The predicted octanol–water partition coefficient (Wildman–Crippen LogP) is 4.59. The molecule has 1 unspecified atom stereocenters. The van der Waals surface area contributed by atoms with Gasteiger partial charge in [-0.25, -0.2) is 4.98 Å². The van der Waals surface area contributed by atoms with Gasteiger partial charge in [0.15, 0.2) is 0 Å². The van der Waals surface area contributed by atoms with Crippen LogP contribution in [0.3, 0.4) is 0 Å². The molecule has 1 heterocycles. The zero-order valence-corrected chi connectivity index (χ0v) is 16.8. The Morgan fingerprint density at radius 1 is 0.966 bits per heavy atom. The summed E-state index contributed by atoms with van der Waals surface area (Å²) in [6.45, 7) is 4.90. The molecule has 0 saturated heterocycles. The van der Waals surface area contributed by atoms with Crippen LogP contribution in [0.1, 0.15) is 29.9 Å². The average Bonchev–Trinajstić information content (AvgIpc) is 2.74. The molecule has 1 aromatic heterocycles. The summed E-state index contributed by atoms with van der Waals surface area (Å²) in [5, 5.41) is 4.18. The van der Waals surface area contributed by atoms with E-state index in [1.807, 2.05) is 61.5 Å². The second-order valence-electron chi connectivity index (χ2n) is 7.38. The molecule has 0 radical (unpaired) electrons. The highest BCUT2D eigenvalue weighted by atomic mass is 16.1. The third-order valence-electron chi connectivity index (χ3n) is 5.16. The van der Waals surface area contributed by atoms with Crippen molar-refractivity contribution in [1.82, 2.24) is 14.9 Å². The number of aryl methyl sites for hydroxylation is 1. The highest BCUT2D eigenvalue weighted by Crippen LogP contribution is 2.18. The van der Waals surface area contributed by atoms with Crippen LogP contribution in [-0.2, 0) is 6.42 Å². The molecule has 0 saturated carbocycles. The van der Waals surface area contributed by atoms with Gasteiger partial charge in [-0.05, 0) is 62.2 Å². The molecule has 146 valence electrons. The number of aromatic nitrogens is 2. The van der Waals surface area contributed by atoms with Gasteiger partial charge in [-0.15, -0.1) is 0 Å². The fourth-order valence-corrected chi connectivity index (χ4v) is 3.63. The maximum atomic E-state index is 13.4. The lowest BCUT2D eigenvalue weighted by atomic mass is 10.1. The fraction of sp³-hybridized carbons (Fsp3) is 0.200. The van der Waals surface area contributed by atoms with Gasteiger partial charge in [-0.1, -0.05) is 54.6 Å². The highest BCUT2D eigenvalue weighted by Gasteiger charge is 2.17. The Kier molecular flexibility index (Phi) is 5.54. The molecule has 0 amide bonds. The summed E-state index contributed by atoms with van der Waals surface area (Å²) in [5.41, 5.74) is 3.94. The largest absolute Gasteiger partial charge is 0.307 e. The van der Waals surface area contributed by atoms with Crippen molar-refractivity contribution >= 4 is 10.9 Å². The molecule has 0 aliphatic rings. The minimum Gasteiger partial charge on any atom is -0.307 e. The first-order chi connectivity index (χ1) is 14.1. The van der Waals surface area contributed by atoms with Crippen molar-refractivity contribution in [3.63, 3.8) is 0 Å². The standard InChI is InChI=1S/C25H25N3O/c1-18-9-8-12-21(17-18)28-24(27-23-14-7-6-13-22(23)25(28)29)19(2)26-16-15-20-10-4-3-5-11-20/h3-14,17,19,26H,15-16H2,1-2H3. The molecular formula is C25H25N3O. The molecule has 4 aromatic rings. The van der Waals surface area contributed by atoms with Crippen LogP contribution in [0, 0.1) is 6.92 Å². The maximum absolute atomic E-state index is 13.4. The van der Waals surface area contributed by atoms with Crippen LogP contribution in [0.15, 0.2) is 83.7 Å². The number of rotatable bonds is 6. The van der Waals surface area contributed by atoms with E-state index < -0.39 is 0 Å². The van der Waals surface area contributed by atoms with Crippen molar-refractivity contribution in [2.45, 2.75) is 26.3 Å². The lowest BCUT2D eigenvalue weighted by Gasteiger charge is -2.20. The summed E-state index contributed by atoms with van der Waals surface area (Å²) in [4.78, 5) is 18.2. The summed E-state index contributed by atoms with van der Waals surface area (Å²) < 4.78 is 1.75. The summed E-state index contributed by atoms with van der Waals surface area (Å²) in [7, 11) is 0. The van der Waals surface area contributed by atoms with Gasteiger partial charge in [-0.2, -0.15) is 0 Å². The van der Waals surface area contributed by atoms with Gasteiger partial charge in [0, 0.05) is 0 Å². The molecule has 0 bridgehead atoms. The first kappa shape index (κ1) is 19.1. The van der Waals surface area contributed by atoms with Crippen molar-refractivity contribution in [3.05, 3.63) is 106 Å². The average molecular weight is 383 g/mol. The quantitative estimate of drug-likeness (QED) is 0.530. The SMILES string of the molecule is Cc1cccc(-n2c(C(C)NCCc3ccccc3)nc3ccccc3c2=O)c1. The van der Waals surface area contributed by atoms with Crippen LogP contribution in [0.4, 0.5) is 0 Å². The van der Waals surface area contributed by atoms with Crippen LogP contribution in [0.5, 0.6) is 0 Å². The van der Waals surface area contributed by atoms with Gasteiger partial charge < -0.3 is 5.32 Å². The molecule has 1 atom stereocenters. The van der Waals surface area contributed by atoms with Crippen molar-refractivity contribution < 1.29 is 0 Å². The number of para-hydroxylation sites is 1. The van der Waals surface area contributed by atoms with Crippen LogP contribution >= 0.6 is 0 Å². The maximum Gasteiger partial charge on any atom is 0.266 e. The van der Waals surface area contributed by atoms with Crippen LogP contribution in [0.25, 0.3) is 16.6 Å². The monoisotopic (exact) mass is 383 g/mol. The molecule has 3 aromatic carbocycles. The van der Waals surface area contributed by atoms with E-state index in [0.717, 1.165) is 35.6 Å². The summed E-state index contributed by atoms with van der Waals surface area (Å²) in [6, 6.07) is 25.9. The van der Waals surface area contributed by atoms with Crippen LogP contribution in [0.2, 0.25) is 0 Å². The van der Waals surface area contributed by atoms with Gasteiger partial charge in [0.05, 0.1) is 22.6 Å². The van der Waals surface area contributed by atoms with Gasteiger partial charge in [0.1, 0.15) is 5.82 Å². The molecule has 0 spiro atoms. The highest BCUT2D eigenvalue weighted by molar-refractivity contribution is 5.77. The predicted molar refractivity (Wildman–Crippen MR) is 119 cm³/mol. The minimum absolute atomic E-state index is 0.0343. The lowest BCUT2D eigenvalue weighted by Crippen LogP contribution is -2.31. The van der Waals surface area contributed by atoms with Crippen LogP contribution in [-0.4, -0.2) is 16.1 Å². The molecule has 4 heteroatoms. The normalized spacial score (nSPS) is 12.2. The summed E-state index contributed by atoms with van der Waals surface area (Å²) >= 11 is 0. The Bertz CT molecular complexity index is 1180. The van der Waals surface area contributed by atoms with E-state index in [1.54, 1.807) is 4.57 Å². The van der Waals surface area contributed by atoms with Crippen molar-refractivity contribution in [2.75, 3.05) is 6.54 Å². The van der Waals surface area contributed by atoms with Gasteiger partial charge >= 0.3 is 0 Å². The molecule has 0 aliphatic heterocycles. The molecular weight excluding hydrogens is 358 g/mol. The molecule has 29 heavy (non-hydrogen) atoms. The summed E-state index contributed by atoms with van der Waals surface area (Å²) in [6.07, 6.45) is 0.924. The van der Waals surface area contributed by atoms with E-state index in [0.29, 0.717) is 5.39 Å². The fourth-order valence-electron chi connectivity index (χ4n) is 3.63. The third kappa shape index (κ3) is 4.13. The Balaban J connectivity index is 1.72. The minimum atomic E-state index is -0.0727. The van der Waals surface area contributed by atoms with E-state index in [9.17, 15) is 4.79 Å². The molecule has 1 N–H and O–H groups in total. The summed E-state index contributed by atoms with van der Waals surface area (Å²) in [5.74, 6) is 0.729. The zero-order chi connectivity index (χ0) is 20.2. The molecule has 0 aliphatic carbocycles. The van der Waals surface area contributed by atoms with Crippen molar-refractivity contribution in [1.29, 1.82) is 0 Å². The van der Waals surface area contributed by atoms with Crippen molar-refractivity contribution in [3.8, 4) is 5.69 Å². The molecule has 0 fully saturated rings. The number of hydrogen-bond acceptors (Lipinski definition) is 3. The Morgan fingerprint density at radius 3 is 2.52 bits per heavy atom. The number of nitrogens with one attached hydrogen (secondary N) is 1. The Hall–Kier alpha value is -3.24. The molecule has 4 nitrogen and oxygen atoms in total. The smallest absolute Gasteiger partial charge is 0.266 e. The van der Waals surface area contributed by atoms with Crippen molar-refractivity contribution in [2.24, 2.45) is 0 Å². The lowest BCUT2D eigenvalue weighted by molar-refractivity contribution is 0.536. The van der Waals surface area contributed by atoms with E-state index >= 15 is 0 Å². The van der Waals surface area contributed by atoms with E-state index in [4.69, 9.17) is 4.98 Å². The Morgan fingerprint density at radius 2 is 1.72 bits per heavy atom. The van der Waals surface area contributed by atoms with E-state index in [1.165, 1.54) is 5.56 Å². The van der Waals surface area contributed by atoms with Gasteiger partial charge in [-0.3, -0.25) is 9.36 Å². The second-order valence-corrected chi connectivity index (χ2v) is 7.38. The van der Waals surface area contributed by atoms with Gasteiger partial charge in [0.25, 0.3) is 5.56 Å². The molecule has 4 rings (SSSR count). The number of nitrogens with zero attached hydrogens (tertiary/aromatic N) is 2. The van der Waals surface area contributed by atoms with E-state index in [2.05, 4.69) is 36.5 Å². The zero-order valence-electron chi connectivity index (χ0n) is 16.8.